The number of benzene rings is 2. The summed E-state index contributed by atoms with van der Waals surface area (Å²) in [6.07, 6.45) is 5.55. The summed E-state index contributed by atoms with van der Waals surface area (Å²) in [5, 5.41) is 7.68. The van der Waals surface area contributed by atoms with Crippen molar-refractivity contribution in [3.05, 3.63) is 66.5 Å². The number of aryl methyl sites for hydroxylation is 1. The van der Waals surface area contributed by atoms with Gasteiger partial charge in [-0.3, -0.25) is 4.72 Å². The van der Waals surface area contributed by atoms with Crippen LogP contribution in [0.15, 0.2) is 60.9 Å². The van der Waals surface area contributed by atoms with E-state index in [2.05, 4.69) is 25.3 Å². The van der Waals surface area contributed by atoms with Gasteiger partial charge in [0.2, 0.25) is 21.9 Å². The van der Waals surface area contributed by atoms with Gasteiger partial charge >= 0.3 is 0 Å². The summed E-state index contributed by atoms with van der Waals surface area (Å²) < 4.78 is 33.2. The fourth-order valence-corrected chi connectivity index (χ4v) is 5.09. The molecule has 0 amide bonds. The maximum Gasteiger partial charge on any atom is 0.246 e. The van der Waals surface area contributed by atoms with Gasteiger partial charge in [-0.2, -0.15) is 0 Å². The van der Waals surface area contributed by atoms with E-state index in [1.54, 1.807) is 24.5 Å². The Morgan fingerprint density at radius 3 is 2.78 bits per heavy atom. The van der Waals surface area contributed by atoms with Crippen molar-refractivity contribution < 1.29 is 13.2 Å². The van der Waals surface area contributed by atoms with Gasteiger partial charge in [-0.1, -0.05) is 24.3 Å². The first-order valence-corrected chi connectivity index (χ1v) is 14.1. The van der Waals surface area contributed by atoms with Crippen LogP contribution in [0, 0.1) is 6.92 Å². The second-order valence-corrected chi connectivity index (χ2v) is 11.2. The molecule has 1 saturated heterocycles. The van der Waals surface area contributed by atoms with Gasteiger partial charge in [0.1, 0.15) is 11.0 Å². The van der Waals surface area contributed by atoms with Gasteiger partial charge in [-0.25, -0.2) is 23.4 Å². The van der Waals surface area contributed by atoms with Crippen LogP contribution in [-0.2, 0) is 10.0 Å². The Kier molecular flexibility index (Phi) is 7.40. The molecule has 1 fully saturated rings. The highest BCUT2D eigenvalue weighted by Crippen LogP contribution is 2.38. The van der Waals surface area contributed by atoms with Gasteiger partial charge in [0.05, 0.1) is 16.9 Å². The Labute approximate surface area is 220 Å². The molecule has 5 rings (SSSR count). The number of nitrogens with one attached hydrogen (secondary N) is 3. The third kappa shape index (κ3) is 5.76. The molecule has 0 radical (unpaired) electrons. The number of fused-ring (bicyclic) bond motifs is 1. The molecule has 1 atom stereocenters. The van der Waals surface area contributed by atoms with E-state index in [0.29, 0.717) is 39.9 Å². The number of sulfonamides is 1. The summed E-state index contributed by atoms with van der Waals surface area (Å²) in [4.78, 5) is 13.6. The first kappa shape index (κ1) is 25.2. The van der Waals surface area contributed by atoms with E-state index >= 15 is 0 Å². The number of halogens is 1. The van der Waals surface area contributed by atoms with Gasteiger partial charge in [0.15, 0.2) is 0 Å². The molecule has 0 saturated carbocycles. The molecule has 4 aromatic rings. The number of ether oxygens (including phenoxy) is 1. The number of alkyl halides is 1. The average molecular weight is 539 g/mol. The Morgan fingerprint density at radius 2 is 1.97 bits per heavy atom. The molecule has 0 aliphatic carbocycles. The van der Waals surface area contributed by atoms with E-state index in [0.717, 1.165) is 36.9 Å². The van der Waals surface area contributed by atoms with Crippen molar-refractivity contribution in [1.29, 1.82) is 0 Å². The van der Waals surface area contributed by atoms with Crippen LogP contribution in [0.3, 0.4) is 0 Å². The molecule has 37 heavy (non-hydrogen) atoms. The number of rotatable bonds is 8. The fraction of sp³-hybridized carbons (Fsp3) is 0.269. The highest BCUT2D eigenvalue weighted by Gasteiger charge is 2.18. The summed E-state index contributed by atoms with van der Waals surface area (Å²) in [5.74, 6) is 1.51. The number of hydrogen-bond acceptors (Lipinski definition) is 8. The molecule has 11 heteroatoms. The minimum absolute atomic E-state index is 0.275. The molecule has 192 valence electrons. The highest BCUT2D eigenvalue weighted by atomic mass is 35.5. The summed E-state index contributed by atoms with van der Waals surface area (Å²) in [7, 11) is -3.67. The molecule has 2 aromatic carbocycles. The van der Waals surface area contributed by atoms with Crippen LogP contribution in [0.4, 0.5) is 11.6 Å². The number of anilines is 2. The Morgan fingerprint density at radius 1 is 1.08 bits per heavy atom. The molecule has 9 nitrogen and oxygen atoms in total. The molecule has 0 bridgehead atoms. The monoisotopic (exact) mass is 538 g/mol. The maximum atomic E-state index is 12.1. The van der Waals surface area contributed by atoms with Crippen molar-refractivity contribution >= 4 is 44.0 Å². The molecule has 1 aliphatic heterocycles. The van der Waals surface area contributed by atoms with Gasteiger partial charge in [0.25, 0.3) is 0 Å². The van der Waals surface area contributed by atoms with Crippen LogP contribution < -0.4 is 20.1 Å². The maximum absolute atomic E-state index is 12.1. The van der Waals surface area contributed by atoms with Crippen LogP contribution in [0.25, 0.3) is 22.0 Å². The topological polar surface area (TPSA) is 118 Å². The molecule has 3 N–H and O–H groups in total. The van der Waals surface area contributed by atoms with Crippen LogP contribution in [0.2, 0.25) is 0 Å². The minimum atomic E-state index is -3.67. The zero-order chi connectivity index (χ0) is 25.8. The molecule has 0 spiro atoms. The zero-order valence-corrected chi connectivity index (χ0v) is 21.8. The van der Waals surface area contributed by atoms with Crippen LogP contribution in [0.5, 0.6) is 11.6 Å². The van der Waals surface area contributed by atoms with E-state index in [1.807, 2.05) is 43.3 Å². The van der Waals surface area contributed by atoms with E-state index in [-0.39, 0.29) is 6.04 Å². The second-order valence-electron chi connectivity index (χ2n) is 8.85. The zero-order valence-electron chi connectivity index (χ0n) is 20.2. The Balaban J connectivity index is 1.50. The number of pyridine rings is 1. The quantitative estimate of drug-likeness (QED) is 0.271. The fourth-order valence-electron chi connectivity index (χ4n) is 4.36. The number of aromatic nitrogens is 3. The van der Waals surface area contributed by atoms with Gasteiger partial charge in [-0.15, -0.1) is 11.6 Å². The second kappa shape index (κ2) is 10.9. The largest absolute Gasteiger partial charge is 0.437 e. The molecular weight excluding hydrogens is 512 g/mol. The van der Waals surface area contributed by atoms with Crippen molar-refractivity contribution in [2.75, 3.05) is 28.3 Å². The van der Waals surface area contributed by atoms with Crippen molar-refractivity contribution in [3.63, 3.8) is 0 Å². The standard InChI is InChI=1S/C26H27ClN6O3S/c1-17-9-10-19-20(6-2-8-23(19)33-37(34,35)16-27)24(17)36-25-21(7-4-13-29-25)22-11-14-30-26(32-22)31-18-5-3-12-28-15-18/h2,4,6-11,13-14,18,28,33H,3,5,12,15-16H2,1H3,(H,30,31,32)/t18-/m0/s1. The number of hydrogen-bond donors (Lipinski definition) is 3. The van der Waals surface area contributed by atoms with Crippen molar-refractivity contribution in [1.82, 2.24) is 20.3 Å². The van der Waals surface area contributed by atoms with Crippen LogP contribution in [0.1, 0.15) is 18.4 Å². The average Bonchev–Trinajstić information content (AvgIpc) is 2.91. The van der Waals surface area contributed by atoms with E-state index < -0.39 is 15.2 Å². The lowest BCUT2D eigenvalue weighted by Crippen LogP contribution is -2.38. The SMILES string of the molecule is Cc1ccc2c(NS(=O)(=O)CCl)cccc2c1Oc1ncccc1-c1ccnc(N[C@H]2CCCNC2)n1. The van der Waals surface area contributed by atoms with Crippen LogP contribution >= 0.6 is 11.6 Å². The van der Waals surface area contributed by atoms with Gasteiger partial charge < -0.3 is 15.4 Å². The van der Waals surface area contributed by atoms with E-state index in [9.17, 15) is 8.42 Å². The molecule has 1 aliphatic rings. The Bertz CT molecular complexity index is 1530. The normalized spacial score (nSPS) is 15.9. The van der Waals surface area contributed by atoms with Gasteiger partial charge in [0, 0.05) is 35.8 Å². The predicted octanol–water partition coefficient (Wildman–Crippen LogP) is 4.89. The lowest BCUT2D eigenvalue weighted by molar-refractivity contribution is 0.466. The van der Waals surface area contributed by atoms with Crippen molar-refractivity contribution in [3.8, 4) is 22.9 Å². The first-order chi connectivity index (χ1) is 17.9. The minimum Gasteiger partial charge on any atom is -0.437 e. The third-order valence-corrected chi connectivity index (χ3v) is 7.83. The predicted molar refractivity (Wildman–Crippen MR) is 147 cm³/mol. The lowest BCUT2D eigenvalue weighted by Gasteiger charge is -2.23. The van der Waals surface area contributed by atoms with Crippen LogP contribution in [-0.4, -0.2) is 47.7 Å². The summed E-state index contributed by atoms with van der Waals surface area (Å²) >= 11 is 5.60. The highest BCUT2D eigenvalue weighted by molar-refractivity contribution is 7.93. The van der Waals surface area contributed by atoms with Gasteiger partial charge in [-0.05, 0) is 56.1 Å². The summed E-state index contributed by atoms with van der Waals surface area (Å²) in [6, 6.07) is 14.9. The van der Waals surface area contributed by atoms with E-state index in [4.69, 9.17) is 21.3 Å². The number of nitrogens with zero attached hydrogens (tertiary/aromatic N) is 3. The smallest absolute Gasteiger partial charge is 0.246 e. The van der Waals surface area contributed by atoms with Crippen molar-refractivity contribution in [2.45, 2.75) is 25.8 Å². The third-order valence-electron chi connectivity index (χ3n) is 6.15. The van der Waals surface area contributed by atoms with E-state index in [1.165, 1.54) is 0 Å². The molecule has 0 unspecified atom stereocenters. The molecule has 3 heterocycles. The van der Waals surface area contributed by atoms with Crippen molar-refractivity contribution in [2.24, 2.45) is 0 Å². The lowest BCUT2D eigenvalue weighted by atomic mass is 10.0. The first-order valence-electron chi connectivity index (χ1n) is 12.0. The Hall–Kier alpha value is -3.47. The number of piperidine rings is 1. The summed E-state index contributed by atoms with van der Waals surface area (Å²) in [5.41, 5.74) is 2.69. The molecule has 2 aromatic heterocycles. The summed E-state index contributed by atoms with van der Waals surface area (Å²) in [6.45, 7) is 3.83. The molecular formula is C26H27ClN6O3S.